The molecule has 1 aliphatic heterocycles. The van der Waals surface area contributed by atoms with Crippen LogP contribution in [0.2, 0.25) is 0 Å². The van der Waals surface area contributed by atoms with E-state index in [1.807, 2.05) is 6.92 Å². The molecule has 0 aromatic rings. The zero-order valence-corrected chi connectivity index (χ0v) is 10.5. The van der Waals surface area contributed by atoms with Crippen molar-refractivity contribution < 1.29 is 0 Å². The smallest absolute Gasteiger partial charge is 0.111 e. The van der Waals surface area contributed by atoms with Crippen molar-refractivity contribution in [3.63, 3.8) is 0 Å². The standard InChI is InChI=1S/C11H18ClN3/c1-8(2)15-5-9(3)10(4)11(12)14-6-13-7-15/h5-6,8H,7H2,1-4H3,(H,13,14). The van der Waals surface area contributed by atoms with E-state index in [0.29, 0.717) is 17.9 Å². The van der Waals surface area contributed by atoms with Gasteiger partial charge in [-0.15, -0.1) is 0 Å². The highest BCUT2D eigenvalue weighted by atomic mass is 35.5. The summed E-state index contributed by atoms with van der Waals surface area (Å²) in [5.41, 5.74) is 2.21. The van der Waals surface area contributed by atoms with Gasteiger partial charge < -0.3 is 10.2 Å². The first-order valence-electron chi connectivity index (χ1n) is 5.08. The zero-order valence-electron chi connectivity index (χ0n) is 9.71. The van der Waals surface area contributed by atoms with Crippen molar-refractivity contribution in [2.24, 2.45) is 4.99 Å². The fourth-order valence-corrected chi connectivity index (χ4v) is 1.42. The van der Waals surface area contributed by atoms with Gasteiger partial charge in [0.05, 0.1) is 6.34 Å². The second-order valence-corrected chi connectivity index (χ2v) is 4.33. The number of nitrogens with one attached hydrogen (secondary N) is 1. The molecule has 4 heteroatoms. The average molecular weight is 228 g/mol. The molecule has 1 N–H and O–H groups in total. The Bertz CT molecular complexity index is 316. The van der Waals surface area contributed by atoms with Crippen molar-refractivity contribution in [2.75, 3.05) is 6.67 Å². The van der Waals surface area contributed by atoms with Gasteiger partial charge in [-0.3, -0.25) is 4.99 Å². The van der Waals surface area contributed by atoms with E-state index in [2.05, 4.69) is 42.2 Å². The number of nitrogens with zero attached hydrogens (tertiary/aromatic N) is 2. The van der Waals surface area contributed by atoms with E-state index in [-0.39, 0.29) is 0 Å². The zero-order chi connectivity index (χ0) is 11.4. The number of rotatable bonds is 1. The number of halogens is 1. The molecule has 0 saturated carbocycles. The van der Waals surface area contributed by atoms with Gasteiger partial charge in [-0.1, -0.05) is 11.6 Å². The lowest BCUT2D eigenvalue weighted by Gasteiger charge is -2.23. The van der Waals surface area contributed by atoms with E-state index in [4.69, 9.17) is 11.6 Å². The molecular formula is C11H18ClN3. The summed E-state index contributed by atoms with van der Waals surface area (Å²) in [6.45, 7) is 8.99. The average Bonchev–Trinajstić information content (AvgIpc) is 2.24. The van der Waals surface area contributed by atoms with Gasteiger partial charge in [0, 0.05) is 12.2 Å². The molecule has 0 radical (unpaired) electrons. The van der Waals surface area contributed by atoms with E-state index in [1.165, 1.54) is 0 Å². The first-order chi connectivity index (χ1) is 7.02. The van der Waals surface area contributed by atoms with Crippen molar-refractivity contribution in [1.29, 1.82) is 0 Å². The second kappa shape index (κ2) is 5.21. The van der Waals surface area contributed by atoms with Crippen molar-refractivity contribution in [1.82, 2.24) is 10.2 Å². The summed E-state index contributed by atoms with van der Waals surface area (Å²) in [5, 5.41) is 3.59. The van der Waals surface area contributed by atoms with Crippen LogP contribution in [0.1, 0.15) is 27.7 Å². The number of hydrogen-bond donors (Lipinski definition) is 1. The van der Waals surface area contributed by atoms with Crippen LogP contribution in [0.3, 0.4) is 0 Å². The second-order valence-electron chi connectivity index (χ2n) is 3.96. The Kier molecular flexibility index (Phi) is 4.21. The monoisotopic (exact) mass is 227 g/mol. The summed E-state index contributed by atoms with van der Waals surface area (Å²) in [7, 11) is 0. The van der Waals surface area contributed by atoms with Crippen LogP contribution in [-0.2, 0) is 0 Å². The van der Waals surface area contributed by atoms with E-state index >= 15 is 0 Å². The predicted molar refractivity (Wildman–Crippen MR) is 65.8 cm³/mol. The topological polar surface area (TPSA) is 27.6 Å². The van der Waals surface area contributed by atoms with E-state index in [0.717, 1.165) is 11.1 Å². The predicted octanol–water partition coefficient (Wildman–Crippen LogP) is 2.66. The minimum Gasteiger partial charge on any atom is -0.356 e. The van der Waals surface area contributed by atoms with Crippen LogP contribution in [-0.4, -0.2) is 23.9 Å². The molecular weight excluding hydrogens is 210 g/mol. The quantitative estimate of drug-likeness (QED) is 0.698. The maximum atomic E-state index is 6.06. The first-order valence-corrected chi connectivity index (χ1v) is 5.46. The van der Waals surface area contributed by atoms with E-state index in [1.54, 1.807) is 6.34 Å². The van der Waals surface area contributed by atoms with Crippen molar-refractivity contribution >= 4 is 17.9 Å². The molecule has 3 nitrogen and oxygen atoms in total. The fourth-order valence-electron chi connectivity index (χ4n) is 1.22. The molecule has 0 aromatic heterocycles. The molecule has 0 amide bonds. The molecule has 0 saturated heterocycles. The van der Waals surface area contributed by atoms with Crippen LogP contribution >= 0.6 is 11.6 Å². The lowest BCUT2D eigenvalue weighted by molar-refractivity contribution is 0.319. The van der Waals surface area contributed by atoms with Crippen LogP contribution in [0.5, 0.6) is 0 Å². The highest BCUT2D eigenvalue weighted by molar-refractivity contribution is 6.30. The maximum absolute atomic E-state index is 6.06. The fraction of sp³-hybridized carbons (Fsp3) is 0.545. The van der Waals surface area contributed by atoms with Gasteiger partial charge in [0.2, 0.25) is 0 Å². The number of aliphatic imine (C=N–C) groups is 1. The molecule has 0 unspecified atom stereocenters. The van der Waals surface area contributed by atoms with Crippen molar-refractivity contribution in [2.45, 2.75) is 33.7 Å². The Labute approximate surface area is 96.5 Å². The molecule has 0 aromatic carbocycles. The van der Waals surface area contributed by atoms with Crippen LogP contribution < -0.4 is 5.32 Å². The minimum atomic E-state index is 0.432. The third-order valence-corrected chi connectivity index (χ3v) is 2.86. The van der Waals surface area contributed by atoms with Crippen LogP contribution in [0, 0.1) is 0 Å². The molecule has 0 atom stereocenters. The lowest BCUT2D eigenvalue weighted by Crippen LogP contribution is -2.26. The minimum absolute atomic E-state index is 0.432. The Morgan fingerprint density at radius 1 is 1.47 bits per heavy atom. The van der Waals surface area contributed by atoms with Crippen LogP contribution in [0.4, 0.5) is 0 Å². The first kappa shape index (κ1) is 12.1. The maximum Gasteiger partial charge on any atom is 0.111 e. The summed E-state index contributed by atoms with van der Waals surface area (Å²) in [6, 6.07) is 0.432. The molecule has 1 heterocycles. The SMILES string of the molecule is CC1=CN(C(C)C)CN=CNC(Cl)=C1C. The van der Waals surface area contributed by atoms with Crippen molar-refractivity contribution in [3.05, 3.63) is 22.5 Å². The van der Waals surface area contributed by atoms with E-state index < -0.39 is 0 Å². The van der Waals surface area contributed by atoms with E-state index in [9.17, 15) is 0 Å². The number of allylic oxidation sites excluding steroid dienone is 2. The van der Waals surface area contributed by atoms with Gasteiger partial charge in [-0.25, -0.2) is 0 Å². The summed E-state index contributed by atoms with van der Waals surface area (Å²) in [6.07, 6.45) is 3.75. The summed E-state index contributed by atoms with van der Waals surface area (Å²) in [4.78, 5) is 6.41. The molecule has 15 heavy (non-hydrogen) atoms. The molecule has 0 bridgehead atoms. The molecule has 0 aliphatic carbocycles. The normalized spacial score (nSPS) is 18.3. The van der Waals surface area contributed by atoms with Gasteiger partial charge in [0.25, 0.3) is 0 Å². The number of hydrogen-bond acceptors (Lipinski definition) is 3. The summed E-state index contributed by atoms with van der Waals surface area (Å²) in [5.74, 6) is 0. The summed E-state index contributed by atoms with van der Waals surface area (Å²) >= 11 is 6.06. The van der Waals surface area contributed by atoms with Gasteiger partial charge >= 0.3 is 0 Å². The third kappa shape index (κ3) is 3.27. The lowest BCUT2D eigenvalue weighted by atomic mass is 10.1. The van der Waals surface area contributed by atoms with Gasteiger partial charge in [0.15, 0.2) is 0 Å². The Morgan fingerprint density at radius 2 is 2.13 bits per heavy atom. The Hall–Kier alpha value is -0.960. The molecule has 0 fully saturated rings. The molecule has 1 aliphatic rings. The van der Waals surface area contributed by atoms with Crippen LogP contribution in [0.25, 0.3) is 0 Å². The third-order valence-electron chi connectivity index (χ3n) is 2.47. The Balaban J connectivity index is 3.01. The van der Waals surface area contributed by atoms with Crippen molar-refractivity contribution in [3.8, 4) is 0 Å². The molecule has 1 rings (SSSR count). The molecule has 84 valence electrons. The summed E-state index contributed by atoms with van der Waals surface area (Å²) < 4.78 is 0. The highest BCUT2D eigenvalue weighted by Crippen LogP contribution is 2.17. The van der Waals surface area contributed by atoms with Crippen LogP contribution in [0.15, 0.2) is 27.5 Å². The van der Waals surface area contributed by atoms with Gasteiger partial charge in [-0.2, -0.15) is 0 Å². The van der Waals surface area contributed by atoms with Gasteiger partial charge in [-0.05, 0) is 38.8 Å². The highest BCUT2D eigenvalue weighted by Gasteiger charge is 2.08. The molecule has 0 spiro atoms. The van der Waals surface area contributed by atoms with Gasteiger partial charge in [0.1, 0.15) is 11.8 Å². The largest absolute Gasteiger partial charge is 0.356 e. The Morgan fingerprint density at radius 3 is 2.73 bits per heavy atom.